The maximum absolute atomic E-state index is 12.5. The molecule has 0 unspecified atom stereocenters. The molecule has 0 radical (unpaired) electrons. The first-order valence-corrected chi connectivity index (χ1v) is 11.2. The van der Waals surface area contributed by atoms with Gasteiger partial charge in [0.2, 0.25) is 0 Å². The minimum absolute atomic E-state index is 0.270. The number of benzene rings is 2. The van der Waals surface area contributed by atoms with E-state index in [4.69, 9.17) is 14.2 Å². The fourth-order valence-corrected chi connectivity index (χ4v) is 3.39. The van der Waals surface area contributed by atoms with E-state index in [-0.39, 0.29) is 5.56 Å². The molecule has 180 valence electrons. The fourth-order valence-electron chi connectivity index (χ4n) is 3.39. The first-order valence-electron chi connectivity index (χ1n) is 11.2. The van der Waals surface area contributed by atoms with Crippen molar-refractivity contribution in [1.29, 1.82) is 0 Å². The minimum Gasteiger partial charge on any atom is -0.493 e. The van der Waals surface area contributed by atoms with E-state index in [0.717, 1.165) is 29.8 Å². The number of unbranched alkanes of at least 4 members (excludes halogenated alkanes) is 1. The van der Waals surface area contributed by atoms with Crippen LogP contribution in [0.25, 0.3) is 5.69 Å². The van der Waals surface area contributed by atoms with Crippen molar-refractivity contribution < 1.29 is 23.8 Å². The van der Waals surface area contributed by atoms with Gasteiger partial charge in [-0.2, -0.15) is 5.10 Å². The summed E-state index contributed by atoms with van der Waals surface area (Å²) >= 11 is 0. The Kier molecular flexibility index (Phi) is 8.29. The van der Waals surface area contributed by atoms with E-state index in [9.17, 15) is 9.59 Å². The number of aromatic nitrogens is 2. The second-order valence-electron chi connectivity index (χ2n) is 7.99. The van der Waals surface area contributed by atoms with Gasteiger partial charge < -0.3 is 19.5 Å². The molecule has 0 fully saturated rings. The summed E-state index contributed by atoms with van der Waals surface area (Å²) in [4.78, 5) is 25.0. The number of ether oxygens (including phenoxy) is 3. The molecule has 1 N–H and O–H groups in total. The van der Waals surface area contributed by atoms with Crippen molar-refractivity contribution in [2.24, 2.45) is 0 Å². The molecule has 34 heavy (non-hydrogen) atoms. The van der Waals surface area contributed by atoms with E-state index < -0.39 is 18.5 Å². The zero-order valence-electron chi connectivity index (χ0n) is 20.3. The smallest absolute Gasteiger partial charge is 0.338 e. The number of rotatable bonds is 10. The van der Waals surface area contributed by atoms with Crippen molar-refractivity contribution in [3.63, 3.8) is 0 Å². The van der Waals surface area contributed by atoms with Crippen LogP contribution in [-0.2, 0) is 9.53 Å². The Bertz CT molecular complexity index is 1150. The average Bonchev–Trinajstić information content (AvgIpc) is 3.11. The lowest BCUT2D eigenvalue weighted by molar-refractivity contribution is -0.119. The highest BCUT2D eigenvalue weighted by Gasteiger charge is 2.18. The van der Waals surface area contributed by atoms with E-state index in [1.165, 1.54) is 7.11 Å². The van der Waals surface area contributed by atoms with Gasteiger partial charge in [0, 0.05) is 0 Å². The quantitative estimate of drug-likeness (QED) is 0.342. The van der Waals surface area contributed by atoms with Crippen LogP contribution < -0.4 is 14.8 Å². The van der Waals surface area contributed by atoms with Crippen LogP contribution in [0.5, 0.6) is 11.5 Å². The highest BCUT2D eigenvalue weighted by atomic mass is 16.5. The van der Waals surface area contributed by atoms with Crippen LogP contribution in [0, 0.1) is 20.8 Å². The normalized spacial score (nSPS) is 10.6. The molecular formula is C26H31N3O5. The number of aryl methyl sites for hydroxylation is 2. The Morgan fingerprint density at radius 3 is 2.44 bits per heavy atom. The SMILES string of the molecule is CCCCOc1ccc(C(=O)OCC(=O)Nc2c(C)nn(-c3ccc(C)cc3)c2C)cc1OC. The van der Waals surface area contributed by atoms with E-state index in [1.54, 1.807) is 22.9 Å². The number of esters is 1. The van der Waals surface area contributed by atoms with Crippen molar-refractivity contribution >= 4 is 17.6 Å². The summed E-state index contributed by atoms with van der Waals surface area (Å²) < 4.78 is 18.0. The molecule has 2 aromatic carbocycles. The standard InChI is InChI=1S/C26H31N3O5/c1-6-7-14-33-22-13-10-20(15-23(22)32-5)26(31)34-16-24(30)27-25-18(3)28-29(19(25)4)21-11-8-17(2)9-12-21/h8-13,15H,6-7,14,16H2,1-5H3,(H,27,30). The van der Waals surface area contributed by atoms with Gasteiger partial charge in [-0.3, -0.25) is 4.79 Å². The third kappa shape index (κ3) is 5.95. The minimum atomic E-state index is -0.627. The topological polar surface area (TPSA) is 91.7 Å². The van der Waals surface area contributed by atoms with Crippen LogP contribution in [0.3, 0.4) is 0 Å². The predicted molar refractivity (Wildman–Crippen MR) is 130 cm³/mol. The molecule has 0 aliphatic heterocycles. The Labute approximate surface area is 199 Å². The summed E-state index contributed by atoms with van der Waals surface area (Å²) in [6.45, 7) is 7.92. The maximum atomic E-state index is 12.5. The number of hydrogen-bond donors (Lipinski definition) is 1. The Morgan fingerprint density at radius 2 is 1.76 bits per heavy atom. The Hall–Kier alpha value is -3.81. The van der Waals surface area contributed by atoms with Gasteiger partial charge in [0.05, 0.1) is 42.0 Å². The van der Waals surface area contributed by atoms with Crippen LogP contribution in [0.1, 0.15) is 47.1 Å². The summed E-state index contributed by atoms with van der Waals surface area (Å²) in [5.41, 5.74) is 4.36. The van der Waals surface area contributed by atoms with Crippen LogP contribution in [0.15, 0.2) is 42.5 Å². The Morgan fingerprint density at radius 1 is 1.03 bits per heavy atom. The molecule has 1 aromatic heterocycles. The molecule has 0 bridgehead atoms. The monoisotopic (exact) mass is 465 g/mol. The van der Waals surface area contributed by atoms with E-state index in [1.807, 2.05) is 45.0 Å². The summed E-state index contributed by atoms with van der Waals surface area (Å²) in [6.07, 6.45) is 1.94. The molecule has 1 amide bonds. The van der Waals surface area contributed by atoms with Gasteiger partial charge in [0.15, 0.2) is 18.1 Å². The van der Waals surface area contributed by atoms with Gasteiger partial charge in [-0.05, 0) is 57.5 Å². The summed E-state index contributed by atoms with van der Waals surface area (Å²) in [5.74, 6) is -0.0848. The molecule has 8 nitrogen and oxygen atoms in total. The number of anilines is 1. The lowest BCUT2D eigenvalue weighted by atomic mass is 10.2. The van der Waals surface area contributed by atoms with Crippen molar-refractivity contribution in [2.75, 3.05) is 25.6 Å². The van der Waals surface area contributed by atoms with Gasteiger partial charge in [-0.15, -0.1) is 0 Å². The van der Waals surface area contributed by atoms with Crippen molar-refractivity contribution in [2.45, 2.75) is 40.5 Å². The van der Waals surface area contributed by atoms with E-state index in [0.29, 0.717) is 29.5 Å². The van der Waals surface area contributed by atoms with Crippen LogP contribution in [0.4, 0.5) is 5.69 Å². The molecule has 3 aromatic rings. The van der Waals surface area contributed by atoms with E-state index in [2.05, 4.69) is 17.3 Å². The molecule has 0 atom stereocenters. The third-order valence-corrected chi connectivity index (χ3v) is 5.32. The number of carbonyl (C=O) groups excluding carboxylic acids is 2. The fraction of sp³-hybridized carbons (Fsp3) is 0.346. The molecule has 0 spiro atoms. The summed E-state index contributed by atoms with van der Waals surface area (Å²) in [5, 5.41) is 7.33. The van der Waals surface area contributed by atoms with Gasteiger partial charge in [0.1, 0.15) is 0 Å². The number of hydrogen-bond acceptors (Lipinski definition) is 6. The molecule has 0 aliphatic carbocycles. The van der Waals surface area contributed by atoms with Crippen LogP contribution in [0.2, 0.25) is 0 Å². The van der Waals surface area contributed by atoms with Gasteiger partial charge in [-0.1, -0.05) is 31.0 Å². The van der Waals surface area contributed by atoms with Crippen LogP contribution >= 0.6 is 0 Å². The van der Waals surface area contributed by atoms with Crippen molar-refractivity contribution in [3.8, 4) is 17.2 Å². The second-order valence-corrected chi connectivity index (χ2v) is 7.99. The lowest BCUT2D eigenvalue weighted by Gasteiger charge is -2.12. The third-order valence-electron chi connectivity index (χ3n) is 5.32. The number of amides is 1. The molecule has 3 rings (SSSR count). The highest BCUT2D eigenvalue weighted by Crippen LogP contribution is 2.28. The zero-order valence-corrected chi connectivity index (χ0v) is 20.3. The summed E-state index contributed by atoms with van der Waals surface area (Å²) in [7, 11) is 1.51. The lowest BCUT2D eigenvalue weighted by Crippen LogP contribution is -2.21. The second kappa shape index (κ2) is 11.4. The Balaban J connectivity index is 1.62. The average molecular weight is 466 g/mol. The van der Waals surface area contributed by atoms with Gasteiger partial charge >= 0.3 is 5.97 Å². The van der Waals surface area contributed by atoms with Crippen molar-refractivity contribution in [1.82, 2.24) is 9.78 Å². The highest BCUT2D eigenvalue weighted by molar-refractivity contribution is 5.96. The largest absolute Gasteiger partial charge is 0.493 e. The zero-order chi connectivity index (χ0) is 24.7. The van der Waals surface area contributed by atoms with Gasteiger partial charge in [0.25, 0.3) is 5.91 Å². The maximum Gasteiger partial charge on any atom is 0.338 e. The first kappa shape index (κ1) is 24.8. The number of nitrogens with zero attached hydrogens (tertiary/aromatic N) is 2. The molecule has 0 aliphatic rings. The van der Waals surface area contributed by atoms with Gasteiger partial charge in [-0.25, -0.2) is 9.48 Å². The molecule has 0 saturated carbocycles. The molecular weight excluding hydrogens is 434 g/mol. The summed E-state index contributed by atoms with van der Waals surface area (Å²) in [6, 6.07) is 12.7. The van der Waals surface area contributed by atoms with Crippen molar-refractivity contribution in [3.05, 3.63) is 65.0 Å². The van der Waals surface area contributed by atoms with Crippen LogP contribution in [-0.4, -0.2) is 42.0 Å². The number of nitrogens with one attached hydrogen (secondary N) is 1. The molecule has 1 heterocycles. The predicted octanol–water partition coefficient (Wildman–Crippen LogP) is 4.78. The number of methoxy groups -OCH3 is 1. The molecule has 0 saturated heterocycles. The first-order chi connectivity index (χ1) is 16.3. The number of carbonyl (C=O) groups is 2. The van der Waals surface area contributed by atoms with E-state index >= 15 is 0 Å². The molecule has 8 heteroatoms.